The smallest absolute Gasteiger partial charge is 0.326 e. The molecule has 0 fully saturated rings. The summed E-state index contributed by atoms with van der Waals surface area (Å²) >= 11 is 0. The first-order valence-electron chi connectivity index (χ1n) is 12.9. The molecule has 0 aliphatic carbocycles. The third kappa shape index (κ3) is 8.89. The molecule has 2 aromatic carbocycles. The van der Waals surface area contributed by atoms with Gasteiger partial charge in [0.15, 0.2) is 0 Å². The molecule has 42 heavy (non-hydrogen) atoms. The minimum Gasteiger partial charge on any atom is -0.481 e. The summed E-state index contributed by atoms with van der Waals surface area (Å²) in [5.41, 5.74) is 8.45. The summed E-state index contributed by atoms with van der Waals surface area (Å²) in [6.07, 6.45) is -0.0924. The second-order valence-electron chi connectivity index (χ2n) is 9.58. The Hall–Kier alpha value is -5.24. The highest BCUT2D eigenvalue weighted by Gasteiger charge is 2.32. The summed E-state index contributed by atoms with van der Waals surface area (Å²) in [5, 5.41) is 35.1. The Balaban J connectivity index is 1.78. The first kappa shape index (κ1) is 31.3. The Morgan fingerprint density at radius 3 is 1.88 bits per heavy atom. The van der Waals surface area contributed by atoms with Gasteiger partial charge in [0.05, 0.1) is 18.9 Å². The highest BCUT2D eigenvalue weighted by atomic mass is 16.4. The molecular formula is C28H31N5O9. The van der Waals surface area contributed by atoms with Crippen LogP contribution in [0.2, 0.25) is 0 Å². The molecule has 3 aromatic rings. The normalized spacial score (nSPS) is 13.7. The number of para-hydroxylation sites is 1. The number of aliphatic carboxylic acids is 3. The van der Waals surface area contributed by atoms with Gasteiger partial charge in [0.1, 0.15) is 18.1 Å². The lowest BCUT2D eigenvalue weighted by Gasteiger charge is -2.24. The molecular weight excluding hydrogens is 550 g/mol. The molecule has 3 rings (SSSR count). The van der Waals surface area contributed by atoms with Crippen LogP contribution in [-0.2, 0) is 41.6 Å². The fraction of sp³-hybridized carbons (Fsp3) is 0.286. The predicted octanol–water partition coefficient (Wildman–Crippen LogP) is -0.231. The number of carbonyl (C=O) groups is 6. The largest absolute Gasteiger partial charge is 0.481 e. The topological polar surface area (TPSA) is 241 Å². The molecule has 222 valence electrons. The second-order valence-corrected chi connectivity index (χ2v) is 9.58. The number of carboxylic acids is 3. The number of carboxylic acid groups (broad SMARTS) is 3. The molecule has 0 aliphatic rings. The summed E-state index contributed by atoms with van der Waals surface area (Å²) in [5.74, 6) is -7.51. The van der Waals surface area contributed by atoms with E-state index >= 15 is 0 Å². The van der Waals surface area contributed by atoms with E-state index in [-0.39, 0.29) is 12.8 Å². The third-order valence-corrected chi connectivity index (χ3v) is 6.37. The molecule has 1 aromatic heterocycles. The Morgan fingerprint density at radius 2 is 1.24 bits per heavy atom. The Bertz CT molecular complexity index is 1460. The van der Waals surface area contributed by atoms with E-state index in [4.69, 9.17) is 10.8 Å². The summed E-state index contributed by atoms with van der Waals surface area (Å²) in [6, 6.07) is 9.99. The summed E-state index contributed by atoms with van der Waals surface area (Å²) in [4.78, 5) is 76.1. The number of aromatic amines is 1. The third-order valence-electron chi connectivity index (χ3n) is 6.37. The van der Waals surface area contributed by atoms with Crippen molar-refractivity contribution in [2.75, 3.05) is 0 Å². The SMILES string of the molecule is NC(Cc1c[nH]c2ccccc12)C(=O)NC(Cc1ccccc1)C(=O)NC(CC(=O)O)C(=O)NC(CC(=O)O)C(=O)O. The number of H-pyrrole nitrogens is 1. The minimum absolute atomic E-state index is 0.0452. The molecule has 0 spiro atoms. The van der Waals surface area contributed by atoms with Gasteiger partial charge < -0.3 is 42.0 Å². The lowest BCUT2D eigenvalue weighted by atomic mass is 10.0. The summed E-state index contributed by atoms with van der Waals surface area (Å²) < 4.78 is 0. The van der Waals surface area contributed by atoms with Crippen molar-refractivity contribution in [3.05, 3.63) is 71.9 Å². The molecule has 0 saturated heterocycles. The number of fused-ring (bicyclic) bond motifs is 1. The van der Waals surface area contributed by atoms with E-state index in [0.29, 0.717) is 5.56 Å². The standard InChI is InChI=1S/C28H31N5O9/c29-18(11-16-14-30-19-9-5-4-8-17(16)19)25(38)31-20(10-15-6-2-1-3-7-15)26(39)32-21(12-23(34)35)27(40)33-22(28(41)42)13-24(36)37/h1-9,14,18,20-22,30H,10-13,29H2,(H,31,38)(H,32,39)(H,33,40)(H,34,35)(H,36,37)(H,41,42). The van der Waals surface area contributed by atoms with Crippen molar-refractivity contribution in [1.82, 2.24) is 20.9 Å². The van der Waals surface area contributed by atoms with Gasteiger partial charge in [0.25, 0.3) is 0 Å². The summed E-state index contributed by atoms with van der Waals surface area (Å²) in [6.45, 7) is 0. The van der Waals surface area contributed by atoms with Gasteiger partial charge in [0, 0.05) is 23.5 Å². The quantitative estimate of drug-likeness (QED) is 0.117. The van der Waals surface area contributed by atoms with Crippen LogP contribution in [0.3, 0.4) is 0 Å². The average molecular weight is 582 g/mol. The van der Waals surface area contributed by atoms with Crippen LogP contribution in [0.25, 0.3) is 10.9 Å². The zero-order valence-corrected chi connectivity index (χ0v) is 22.3. The summed E-state index contributed by atoms with van der Waals surface area (Å²) in [7, 11) is 0. The number of aromatic nitrogens is 1. The van der Waals surface area contributed by atoms with Crippen LogP contribution < -0.4 is 21.7 Å². The van der Waals surface area contributed by atoms with E-state index in [1.807, 2.05) is 29.6 Å². The molecule has 9 N–H and O–H groups in total. The van der Waals surface area contributed by atoms with E-state index < -0.39 is 72.6 Å². The van der Waals surface area contributed by atoms with Crippen LogP contribution in [0.5, 0.6) is 0 Å². The van der Waals surface area contributed by atoms with Crippen LogP contribution in [0.1, 0.15) is 24.0 Å². The van der Waals surface area contributed by atoms with Gasteiger partial charge in [-0.1, -0.05) is 48.5 Å². The molecule has 0 aliphatic heterocycles. The number of benzene rings is 2. The number of amides is 3. The Kier molecular flexibility index (Phi) is 10.7. The Morgan fingerprint density at radius 1 is 0.690 bits per heavy atom. The van der Waals surface area contributed by atoms with Crippen molar-refractivity contribution in [2.45, 2.75) is 49.9 Å². The van der Waals surface area contributed by atoms with Crippen molar-refractivity contribution in [2.24, 2.45) is 5.73 Å². The van der Waals surface area contributed by atoms with Crippen LogP contribution in [0, 0.1) is 0 Å². The first-order valence-corrected chi connectivity index (χ1v) is 12.9. The molecule has 4 unspecified atom stereocenters. The zero-order valence-electron chi connectivity index (χ0n) is 22.3. The molecule has 14 nitrogen and oxygen atoms in total. The number of nitrogens with two attached hydrogens (primary N) is 1. The van der Waals surface area contributed by atoms with Gasteiger partial charge in [-0.3, -0.25) is 24.0 Å². The van der Waals surface area contributed by atoms with Crippen LogP contribution in [-0.4, -0.2) is 80.1 Å². The number of hydrogen-bond acceptors (Lipinski definition) is 7. The van der Waals surface area contributed by atoms with Gasteiger partial charge in [-0.2, -0.15) is 0 Å². The fourth-order valence-electron chi connectivity index (χ4n) is 4.27. The van der Waals surface area contributed by atoms with Gasteiger partial charge in [-0.15, -0.1) is 0 Å². The molecule has 0 saturated carbocycles. The Labute approximate surface area is 239 Å². The van der Waals surface area contributed by atoms with Crippen molar-refractivity contribution in [3.63, 3.8) is 0 Å². The van der Waals surface area contributed by atoms with Crippen molar-refractivity contribution >= 4 is 46.5 Å². The highest BCUT2D eigenvalue weighted by Crippen LogP contribution is 2.19. The predicted molar refractivity (Wildman–Crippen MR) is 148 cm³/mol. The maximum Gasteiger partial charge on any atom is 0.326 e. The fourth-order valence-corrected chi connectivity index (χ4v) is 4.27. The monoisotopic (exact) mass is 581 g/mol. The van der Waals surface area contributed by atoms with Gasteiger partial charge in [0.2, 0.25) is 17.7 Å². The molecule has 4 atom stereocenters. The van der Waals surface area contributed by atoms with Crippen molar-refractivity contribution in [1.29, 1.82) is 0 Å². The van der Waals surface area contributed by atoms with Crippen LogP contribution in [0.4, 0.5) is 0 Å². The van der Waals surface area contributed by atoms with Crippen LogP contribution in [0.15, 0.2) is 60.8 Å². The first-order chi connectivity index (χ1) is 19.9. The van der Waals surface area contributed by atoms with E-state index in [0.717, 1.165) is 16.5 Å². The second kappa shape index (κ2) is 14.4. The molecule has 14 heteroatoms. The maximum atomic E-state index is 13.3. The molecule has 1 heterocycles. The average Bonchev–Trinajstić information content (AvgIpc) is 3.34. The molecule has 0 bridgehead atoms. The molecule has 3 amide bonds. The number of carbonyl (C=O) groups excluding carboxylic acids is 3. The lowest BCUT2D eigenvalue weighted by molar-refractivity contribution is -0.148. The van der Waals surface area contributed by atoms with E-state index in [2.05, 4.69) is 15.6 Å². The van der Waals surface area contributed by atoms with Crippen molar-refractivity contribution < 1.29 is 44.1 Å². The van der Waals surface area contributed by atoms with E-state index in [1.54, 1.807) is 36.5 Å². The lowest BCUT2D eigenvalue weighted by Crippen LogP contribution is -2.58. The number of rotatable bonds is 15. The van der Waals surface area contributed by atoms with E-state index in [1.165, 1.54) is 0 Å². The maximum absolute atomic E-state index is 13.3. The van der Waals surface area contributed by atoms with Gasteiger partial charge in [-0.25, -0.2) is 4.79 Å². The highest BCUT2D eigenvalue weighted by molar-refractivity contribution is 5.96. The zero-order chi connectivity index (χ0) is 30.8. The number of hydrogen-bond donors (Lipinski definition) is 8. The van der Waals surface area contributed by atoms with Gasteiger partial charge in [-0.05, 0) is 23.6 Å². The van der Waals surface area contributed by atoms with E-state index in [9.17, 15) is 39.0 Å². The number of nitrogens with one attached hydrogen (secondary N) is 4. The minimum atomic E-state index is -1.87. The molecule has 0 radical (unpaired) electrons. The van der Waals surface area contributed by atoms with Gasteiger partial charge >= 0.3 is 17.9 Å². The van der Waals surface area contributed by atoms with Crippen LogP contribution >= 0.6 is 0 Å². The van der Waals surface area contributed by atoms with Crippen molar-refractivity contribution in [3.8, 4) is 0 Å².